The minimum Gasteiger partial charge on any atom is -0.493 e. The molecular formula is C19H13Br2NO5. The lowest BCUT2D eigenvalue weighted by Gasteiger charge is -2.11. The van der Waals surface area contributed by atoms with E-state index in [0.717, 1.165) is 4.47 Å². The number of halogens is 2. The number of rotatable bonds is 4. The maximum atomic E-state index is 12.2. The number of nitrogens with zero attached hydrogens (tertiary/aromatic N) is 1. The number of methoxy groups -OCH3 is 1. The third-order valence-electron chi connectivity index (χ3n) is 3.53. The predicted octanol–water partition coefficient (Wildman–Crippen LogP) is 4.49. The van der Waals surface area contributed by atoms with Crippen molar-refractivity contribution in [3.05, 3.63) is 62.2 Å². The lowest BCUT2D eigenvalue weighted by molar-refractivity contribution is -0.132. The van der Waals surface area contributed by atoms with Crippen LogP contribution in [0.15, 0.2) is 56.0 Å². The van der Waals surface area contributed by atoms with Crippen LogP contribution in [0.5, 0.6) is 11.5 Å². The lowest BCUT2D eigenvalue weighted by atomic mass is 10.1. The highest BCUT2D eigenvalue weighted by atomic mass is 79.9. The molecule has 3 rings (SSSR count). The third-order valence-corrected chi connectivity index (χ3v) is 4.81. The van der Waals surface area contributed by atoms with E-state index in [-0.39, 0.29) is 17.3 Å². The van der Waals surface area contributed by atoms with Crippen molar-refractivity contribution >= 4 is 55.8 Å². The van der Waals surface area contributed by atoms with Crippen molar-refractivity contribution in [2.24, 2.45) is 4.99 Å². The lowest BCUT2D eigenvalue weighted by Crippen LogP contribution is -2.06. The Morgan fingerprint density at radius 1 is 1.19 bits per heavy atom. The minimum atomic E-state index is -0.556. The first-order valence-corrected chi connectivity index (χ1v) is 9.31. The van der Waals surface area contributed by atoms with Crippen LogP contribution in [0.1, 0.15) is 18.1 Å². The Kier molecular flexibility index (Phi) is 5.76. The Balaban J connectivity index is 1.99. The first kappa shape index (κ1) is 19.3. The van der Waals surface area contributed by atoms with Gasteiger partial charge in [0.05, 0.1) is 17.1 Å². The van der Waals surface area contributed by atoms with E-state index in [2.05, 4.69) is 36.9 Å². The molecule has 1 heterocycles. The molecule has 1 aliphatic rings. The average Bonchev–Trinajstić information content (AvgIpc) is 2.97. The molecule has 0 aromatic heterocycles. The number of aliphatic imine (C=N–C) groups is 1. The van der Waals surface area contributed by atoms with Crippen LogP contribution in [0.2, 0.25) is 0 Å². The molecule has 0 bridgehead atoms. The summed E-state index contributed by atoms with van der Waals surface area (Å²) in [4.78, 5) is 27.7. The summed E-state index contributed by atoms with van der Waals surface area (Å²) in [5.74, 6) is -0.199. The first-order valence-electron chi connectivity index (χ1n) is 7.72. The van der Waals surface area contributed by atoms with Crippen molar-refractivity contribution in [2.45, 2.75) is 6.92 Å². The largest absolute Gasteiger partial charge is 0.493 e. The summed E-state index contributed by atoms with van der Waals surface area (Å²) in [5.41, 5.74) is 1.45. The fourth-order valence-corrected chi connectivity index (χ4v) is 3.38. The van der Waals surface area contributed by atoms with Gasteiger partial charge >= 0.3 is 11.9 Å². The van der Waals surface area contributed by atoms with Gasteiger partial charge in [0.1, 0.15) is 0 Å². The number of benzene rings is 2. The van der Waals surface area contributed by atoms with Gasteiger partial charge in [-0.25, -0.2) is 9.79 Å². The molecule has 0 fully saturated rings. The predicted molar refractivity (Wildman–Crippen MR) is 107 cm³/mol. The van der Waals surface area contributed by atoms with Crippen LogP contribution >= 0.6 is 31.9 Å². The maximum Gasteiger partial charge on any atom is 0.363 e. The monoisotopic (exact) mass is 493 g/mol. The van der Waals surface area contributed by atoms with Crippen LogP contribution in [0, 0.1) is 0 Å². The molecule has 0 aliphatic carbocycles. The fraction of sp³-hybridized carbons (Fsp3) is 0.105. The average molecular weight is 495 g/mol. The molecule has 0 unspecified atom stereocenters. The van der Waals surface area contributed by atoms with E-state index in [1.165, 1.54) is 14.0 Å². The standard InChI is InChI=1S/C19H13Br2NO5/c1-10(23)26-17-14(21)7-11(9-16(17)25-2)8-15-19(24)27-18(22-15)12-5-3-4-6-13(12)20/h3-9H,1-2H3/b15-8-. The summed E-state index contributed by atoms with van der Waals surface area (Å²) in [6.07, 6.45) is 1.57. The second-order valence-electron chi connectivity index (χ2n) is 5.44. The third kappa shape index (κ3) is 4.28. The fourth-order valence-electron chi connectivity index (χ4n) is 2.38. The van der Waals surface area contributed by atoms with E-state index in [1.807, 2.05) is 18.2 Å². The second kappa shape index (κ2) is 8.06. The van der Waals surface area contributed by atoms with Crippen molar-refractivity contribution < 1.29 is 23.8 Å². The highest BCUT2D eigenvalue weighted by Gasteiger charge is 2.25. The van der Waals surface area contributed by atoms with E-state index in [4.69, 9.17) is 14.2 Å². The molecule has 1 aliphatic heterocycles. The summed E-state index contributed by atoms with van der Waals surface area (Å²) >= 11 is 6.76. The van der Waals surface area contributed by atoms with Crippen LogP contribution in [0.3, 0.4) is 0 Å². The van der Waals surface area contributed by atoms with E-state index in [1.54, 1.807) is 24.3 Å². The molecule has 0 N–H and O–H groups in total. The van der Waals surface area contributed by atoms with Gasteiger partial charge in [0.2, 0.25) is 5.90 Å². The summed E-state index contributed by atoms with van der Waals surface area (Å²) in [6, 6.07) is 10.6. The molecule has 2 aromatic rings. The van der Waals surface area contributed by atoms with Crippen molar-refractivity contribution in [2.75, 3.05) is 7.11 Å². The number of hydrogen-bond donors (Lipinski definition) is 0. The molecule has 0 atom stereocenters. The molecule has 0 saturated heterocycles. The zero-order chi connectivity index (χ0) is 19.6. The summed E-state index contributed by atoms with van der Waals surface area (Å²) in [7, 11) is 1.46. The van der Waals surface area contributed by atoms with E-state index in [9.17, 15) is 9.59 Å². The van der Waals surface area contributed by atoms with E-state index in [0.29, 0.717) is 21.3 Å². The zero-order valence-electron chi connectivity index (χ0n) is 14.3. The van der Waals surface area contributed by atoms with Gasteiger partial charge in [0.25, 0.3) is 0 Å². The molecule has 27 heavy (non-hydrogen) atoms. The van der Waals surface area contributed by atoms with Crippen LogP contribution in [0.25, 0.3) is 6.08 Å². The molecule has 0 saturated carbocycles. The Morgan fingerprint density at radius 2 is 1.93 bits per heavy atom. The SMILES string of the molecule is COc1cc(/C=C2\N=C(c3ccccc3Br)OC2=O)cc(Br)c1OC(C)=O. The Morgan fingerprint density at radius 3 is 2.59 bits per heavy atom. The van der Waals surface area contributed by atoms with Crippen LogP contribution in [-0.2, 0) is 14.3 Å². The minimum absolute atomic E-state index is 0.148. The number of ether oxygens (including phenoxy) is 3. The van der Waals surface area contributed by atoms with Crippen molar-refractivity contribution in [1.29, 1.82) is 0 Å². The van der Waals surface area contributed by atoms with Gasteiger partial charge in [0, 0.05) is 11.4 Å². The van der Waals surface area contributed by atoms with Crippen LogP contribution in [-0.4, -0.2) is 24.9 Å². The van der Waals surface area contributed by atoms with Crippen molar-refractivity contribution in [3.63, 3.8) is 0 Å². The Labute approximate surface area is 172 Å². The Hall–Kier alpha value is -2.45. The van der Waals surface area contributed by atoms with Gasteiger partial charge in [-0.05, 0) is 67.8 Å². The quantitative estimate of drug-likeness (QED) is 0.355. The smallest absolute Gasteiger partial charge is 0.363 e. The molecule has 0 spiro atoms. The van der Waals surface area contributed by atoms with Gasteiger partial charge in [-0.15, -0.1) is 0 Å². The second-order valence-corrected chi connectivity index (χ2v) is 7.15. The van der Waals surface area contributed by atoms with Gasteiger partial charge in [-0.2, -0.15) is 0 Å². The molecular weight excluding hydrogens is 482 g/mol. The first-order chi connectivity index (χ1) is 12.9. The van der Waals surface area contributed by atoms with Crippen LogP contribution in [0.4, 0.5) is 0 Å². The van der Waals surface area contributed by atoms with Crippen LogP contribution < -0.4 is 9.47 Å². The van der Waals surface area contributed by atoms with Crippen molar-refractivity contribution in [3.8, 4) is 11.5 Å². The molecule has 0 radical (unpaired) electrons. The number of cyclic esters (lactones) is 1. The topological polar surface area (TPSA) is 74.2 Å². The summed E-state index contributed by atoms with van der Waals surface area (Å²) in [5, 5.41) is 0. The molecule has 2 aromatic carbocycles. The molecule has 8 heteroatoms. The van der Waals surface area contributed by atoms with E-state index >= 15 is 0 Å². The number of carbonyl (C=O) groups is 2. The number of hydrogen-bond acceptors (Lipinski definition) is 6. The van der Waals surface area contributed by atoms with Gasteiger partial charge in [-0.1, -0.05) is 12.1 Å². The molecule has 6 nitrogen and oxygen atoms in total. The van der Waals surface area contributed by atoms with Gasteiger partial charge < -0.3 is 14.2 Å². The van der Waals surface area contributed by atoms with Gasteiger partial charge in [-0.3, -0.25) is 4.79 Å². The zero-order valence-corrected chi connectivity index (χ0v) is 17.5. The van der Waals surface area contributed by atoms with Gasteiger partial charge in [0.15, 0.2) is 17.2 Å². The highest BCUT2D eigenvalue weighted by Crippen LogP contribution is 2.37. The molecule has 138 valence electrons. The highest BCUT2D eigenvalue weighted by molar-refractivity contribution is 9.10. The normalized spacial score (nSPS) is 14.7. The number of carbonyl (C=O) groups excluding carboxylic acids is 2. The molecule has 0 amide bonds. The number of esters is 2. The maximum absolute atomic E-state index is 12.2. The van der Waals surface area contributed by atoms with Crippen molar-refractivity contribution in [1.82, 2.24) is 0 Å². The summed E-state index contributed by atoms with van der Waals surface area (Å²) in [6.45, 7) is 1.30. The van der Waals surface area contributed by atoms with E-state index < -0.39 is 11.9 Å². The summed E-state index contributed by atoms with van der Waals surface area (Å²) < 4.78 is 17.0. The Bertz CT molecular complexity index is 998.